The highest BCUT2D eigenvalue weighted by Gasteiger charge is 2.15. The fraction of sp³-hybridized carbons (Fsp3) is 0.750. The van der Waals surface area contributed by atoms with Gasteiger partial charge in [0, 0.05) is 5.71 Å². The van der Waals surface area contributed by atoms with E-state index in [1.807, 2.05) is 13.8 Å². The monoisotopic (exact) mass is 153 g/mol. The molecule has 0 bridgehead atoms. The second kappa shape index (κ2) is 3.51. The summed E-state index contributed by atoms with van der Waals surface area (Å²) in [6.45, 7) is 3.84. The van der Waals surface area contributed by atoms with Crippen molar-refractivity contribution in [2.24, 2.45) is 15.7 Å². The molecule has 1 saturated carbocycles. The third-order valence-corrected chi connectivity index (χ3v) is 1.73. The molecule has 0 saturated heterocycles. The molecule has 0 heterocycles. The lowest BCUT2D eigenvalue weighted by molar-refractivity contribution is 0.419. The van der Waals surface area contributed by atoms with Crippen molar-refractivity contribution in [1.82, 2.24) is 0 Å². The summed E-state index contributed by atoms with van der Waals surface area (Å²) in [6, 6.07) is 0.457. The Hall–Kier alpha value is -0.860. The van der Waals surface area contributed by atoms with E-state index >= 15 is 0 Å². The third-order valence-electron chi connectivity index (χ3n) is 1.73. The molecule has 0 spiro atoms. The summed E-state index contributed by atoms with van der Waals surface area (Å²) in [4.78, 5) is 8.27. The van der Waals surface area contributed by atoms with E-state index < -0.39 is 0 Å². The average Bonchev–Trinajstić information content (AvgIpc) is 1.77. The number of hydrogen-bond acceptors (Lipinski definition) is 1. The highest BCUT2D eigenvalue weighted by Crippen LogP contribution is 2.21. The van der Waals surface area contributed by atoms with Gasteiger partial charge in [-0.3, -0.25) is 0 Å². The van der Waals surface area contributed by atoms with Gasteiger partial charge < -0.3 is 5.73 Å². The predicted octanol–water partition coefficient (Wildman–Crippen LogP) is 1.33. The molecule has 3 heteroatoms. The number of rotatable bonds is 1. The number of hydrogen-bond donors (Lipinski definition) is 1. The van der Waals surface area contributed by atoms with Crippen molar-refractivity contribution in [2.75, 3.05) is 0 Å². The maximum absolute atomic E-state index is 5.55. The van der Waals surface area contributed by atoms with Gasteiger partial charge in [0.2, 0.25) is 5.96 Å². The first kappa shape index (κ1) is 8.24. The summed E-state index contributed by atoms with van der Waals surface area (Å²) in [7, 11) is 0. The zero-order valence-corrected chi connectivity index (χ0v) is 7.17. The number of nitrogens with zero attached hydrogens (tertiary/aromatic N) is 2. The van der Waals surface area contributed by atoms with Gasteiger partial charge in [0.25, 0.3) is 0 Å². The van der Waals surface area contributed by atoms with Gasteiger partial charge in [-0.05, 0) is 33.1 Å². The van der Waals surface area contributed by atoms with Gasteiger partial charge in [-0.25, -0.2) is 9.98 Å². The lowest BCUT2D eigenvalue weighted by atomic mass is 9.94. The molecule has 1 rings (SSSR count). The summed E-state index contributed by atoms with van der Waals surface area (Å²) >= 11 is 0. The Morgan fingerprint density at radius 1 is 1.36 bits per heavy atom. The Labute approximate surface area is 67.4 Å². The van der Waals surface area contributed by atoms with Crippen molar-refractivity contribution in [1.29, 1.82) is 0 Å². The van der Waals surface area contributed by atoms with Crippen molar-refractivity contribution < 1.29 is 0 Å². The molecule has 0 aliphatic heterocycles. The van der Waals surface area contributed by atoms with Crippen LogP contribution >= 0.6 is 0 Å². The minimum absolute atomic E-state index is 0.440. The van der Waals surface area contributed by atoms with Crippen molar-refractivity contribution in [3.05, 3.63) is 0 Å². The molecule has 62 valence electrons. The molecule has 3 nitrogen and oxygen atoms in total. The van der Waals surface area contributed by atoms with Crippen LogP contribution < -0.4 is 5.73 Å². The van der Waals surface area contributed by atoms with Crippen LogP contribution in [0.3, 0.4) is 0 Å². The van der Waals surface area contributed by atoms with E-state index in [4.69, 9.17) is 5.73 Å². The van der Waals surface area contributed by atoms with Crippen LogP contribution in [0.2, 0.25) is 0 Å². The van der Waals surface area contributed by atoms with Crippen molar-refractivity contribution in [3.8, 4) is 0 Å². The lowest BCUT2D eigenvalue weighted by Crippen LogP contribution is -2.20. The molecule has 0 aromatic heterocycles. The summed E-state index contributed by atoms with van der Waals surface area (Å²) in [5, 5.41) is 0. The van der Waals surface area contributed by atoms with E-state index in [1.54, 1.807) is 0 Å². The quantitative estimate of drug-likeness (QED) is 0.448. The minimum Gasteiger partial charge on any atom is -0.368 e. The Kier molecular flexibility index (Phi) is 2.63. The standard InChI is InChI=1S/C8H15N3/c1-6(2)10-8(9)11-7-4-3-5-7/h7H,3-5H2,1-2H3,(H2,9,11). The first-order valence-electron chi connectivity index (χ1n) is 4.03. The fourth-order valence-corrected chi connectivity index (χ4v) is 0.961. The van der Waals surface area contributed by atoms with Crippen LogP contribution in [0.15, 0.2) is 9.98 Å². The second-order valence-electron chi connectivity index (χ2n) is 3.13. The number of aliphatic imine (C=N–C) groups is 2. The topological polar surface area (TPSA) is 50.7 Å². The van der Waals surface area contributed by atoms with Crippen LogP contribution in [-0.4, -0.2) is 17.7 Å². The van der Waals surface area contributed by atoms with Crippen LogP contribution in [0, 0.1) is 0 Å². The molecule has 2 N–H and O–H groups in total. The summed E-state index contributed by atoms with van der Waals surface area (Å²) < 4.78 is 0. The Morgan fingerprint density at radius 2 is 2.00 bits per heavy atom. The van der Waals surface area contributed by atoms with Gasteiger partial charge in [0.1, 0.15) is 0 Å². The van der Waals surface area contributed by atoms with Crippen molar-refractivity contribution in [2.45, 2.75) is 39.2 Å². The maximum atomic E-state index is 5.55. The molecule has 0 aromatic carbocycles. The van der Waals surface area contributed by atoms with Crippen LogP contribution in [0.4, 0.5) is 0 Å². The number of guanidine groups is 1. The molecular weight excluding hydrogens is 138 g/mol. The predicted molar refractivity (Wildman–Crippen MR) is 48.0 cm³/mol. The van der Waals surface area contributed by atoms with Crippen molar-refractivity contribution in [3.63, 3.8) is 0 Å². The normalized spacial score (nSPS) is 19.3. The van der Waals surface area contributed by atoms with E-state index in [2.05, 4.69) is 9.98 Å². The summed E-state index contributed by atoms with van der Waals surface area (Å²) in [6.07, 6.45) is 3.65. The van der Waals surface area contributed by atoms with Crippen molar-refractivity contribution >= 4 is 11.7 Å². The van der Waals surface area contributed by atoms with Crippen LogP contribution in [0.25, 0.3) is 0 Å². The SMILES string of the molecule is CC(C)=N/C(N)=N\C1CCC1. The van der Waals surface area contributed by atoms with Gasteiger partial charge in [-0.15, -0.1) is 0 Å². The first-order chi connectivity index (χ1) is 5.18. The molecule has 11 heavy (non-hydrogen) atoms. The molecule has 0 atom stereocenters. The Balaban J connectivity index is 2.44. The zero-order valence-electron chi connectivity index (χ0n) is 7.17. The molecule has 0 amide bonds. The van der Waals surface area contributed by atoms with Crippen LogP contribution in [0.5, 0.6) is 0 Å². The first-order valence-corrected chi connectivity index (χ1v) is 4.03. The third kappa shape index (κ3) is 2.70. The molecule has 1 aliphatic rings. The van der Waals surface area contributed by atoms with Gasteiger partial charge in [0.15, 0.2) is 0 Å². The molecule has 1 fully saturated rings. The smallest absolute Gasteiger partial charge is 0.215 e. The van der Waals surface area contributed by atoms with E-state index in [1.165, 1.54) is 19.3 Å². The van der Waals surface area contributed by atoms with E-state index in [0.29, 0.717) is 12.0 Å². The highest BCUT2D eigenvalue weighted by molar-refractivity contribution is 5.93. The molecule has 0 aromatic rings. The summed E-state index contributed by atoms with van der Waals surface area (Å²) in [5.74, 6) is 0.440. The van der Waals surface area contributed by atoms with Crippen LogP contribution in [-0.2, 0) is 0 Å². The lowest BCUT2D eigenvalue weighted by Gasteiger charge is -2.20. The van der Waals surface area contributed by atoms with Gasteiger partial charge in [-0.2, -0.15) is 0 Å². The largest absolute Gasteiger partial charge is 0.368 e. The Morgan fingerprint density at radius 3 is 2.36 bits per heavy atom. The molecule has 0 unspecified atom stereocenters. The molecule has 0 radical (unpaired) electrons. The maximum Gasteiger partial charge on any atom is 0.215 e. The van der Waals surface area contributed by atoms with Gasteiger partial charge >= 0.3 is 0 Å². The Bertz CT molecular complexity index is 186. The van der Waals surface area contributed by atoms with E-state index in [0.717, 1.165) is 5.71 Å². The zero-order chi connectivity index (χ0) is 8.27. The average molecular weight is 153 g/mol. The number of nitrogens with two attached hydrogens (primary N) is 1. The van der Waals surface area contributed by atoms with Crippen LogP contribution in [0.1, 0.15) is 33.1 Å². The second-order valence-corrected chi connectivity index (χ2v) is 3.13. The van der Waals surface area contributed by atoms with Gasteiger partial charge in [0.05, 0.1) is 6.04 Å². The molecular formula is C8H15N3. The summed E-state index contributed by atoms with van der Waals surface area (Å²) in [5.41, 5.74) is 6.51. The highest BCUT2D eigenvalue weighted by atomic mass is 15.0. The minimum atomic E-state index is 0.440. The van der Waals surface area contributed by atoms with E-state index in [-0.39, 0.29) is 0 Å². The fourth-order valence-electron chi connectivity index (χ4n) is 0.961. The van der Waals surface area contributed by atoms with Gasteiger partial charge in [-0.1, -0.05) is 0 Å². The van der Waals surface area contributed by atoms with E-state index in [9.17, 15) is 0 Å². The molecule has 1 aliphatic carbocycles.